The molecule has 0 aromatic carbocycles. The summed E-state index contributed by atoms with van der Waals surface area (Å²) in [4.78, 5) is 0. The molecule has 0 saturated carbocycles. The Morgan fingerprint density at radius 1 is 1.75 bits per heavy atom. The summed E-state index contributed by atoms with van der Waals surface area (Å²) in [5.41, 5.74) is 6.59. The molecule has 6 nitrogen and oxygen atoms in total. The van der Waals surface area contributed by atoms with Gasteiger partial charge < -0.3 is 16.3 Å². The quantitative estimate of drug-likeness (QED) is 0.277. The number of nitrogens with one attached hydrogen (secondary N) is 1. The summed E-state index contributed by atoms with van der Waals surface area (Å²) in [6, 6.07) is 2.19. The molecule has 0 aliphatic carbocycles. The SMILES string of the molecule is CC(CC(N)=NO)NCCc1ccnn1C. The summed E-state index contributed by atoms with van der Waals surface area (Å²) in [5, 5.41) is 18.8. The first-order chi connectivity index (χ1) is 7.63. The second-order valence-electron chi connectivity index (χ2n) is 3.85. The van der Waals surface area contributed by atoms with Crippen LogP contribution in [0.3, 0.4) is 0 Å². The molecule has 1 aromatic rings. The monoisotopic (exact) mass is 225 g/mol. The van der Waals surface area contributed by atoms with Crippen LogP contribution in [0.5, 0.6) is 0 Å². The van der Waals surface area contributed by atoms with Gasteiger partial charge in [0.25, 0.3) is 0 Å². The van der Waals surface area contributed by atoms with E-state index in [1.165, 1.54) is 5.69 Å². The van der Waals surface area contributed by atoms with Gasteiger partial charge in [0.05, 0.1) is 0 Å². The van der Waals surface area contributed by atoms with Crippen molar-refractivity contribution in [2.75, 3.05) is 6.54 Å². The van der Waals surface area contributed by atoms with Gasteiger partial charge in [-0.25, -0.2) is 0 Å². The van der Waals surface area contributed by atoms with Gasteiger partial charge in [0.15, 0.2) is 0 Å². The van der Waals surface area contributed by atoms with Gasteiger partial charge >= 0.3 is 0 Å². The van der Waals surface area contributed by atoms with E-state index in [9.17, 15) is 0 Å². The zero-order chi connectivity index (χ0) is 12.0. The second kappa shape index (κ2) is 6.12. The van der Waals surface area contributed by atoms with Crippen molar-refractivity contribution in [3.05, 3.63) is 18.0 Å². The smallest absolute Gasteiger partial charge is 0.140 e. The Morgan fingerprint density at radius 2 is 2.50 bits per heavy atom. The van der Waals surface area contributed by atoms with Gasteiger partial charge in [0, 0.05) is 44.4 Å². The normalized spacial score (nSPS) is 14.0. The predicted octanol–water partition coefficient (Wildman–Crippen LogP) is 0.0772. The summed E-state index contributed by atoms with van der Waals surface area (Å²) >= 11 is 0. The third-order valence-electron chi connectivity index (χ3n) is 2.44. The third-order valence-corrected chi connectivity index (χ3v) is 2.44. The van der Waals surface area contributed by atoms with Crippen LogP contribution in [0, 0.1) is 0 Å². The molecule has 1 heterocycles. The molecule has 1 aromatic heterocycles. The van der Waals surface area contributed by atoms with Crippen LogP contribution in [-0.4, -0.2) is 33.4 Å². The highest BCUT2D eigenvalue weighted by Crippen LogP contribution is 1.97. The molecule has 0 fully saturated rings. The van der Waals surface area contributed by atoms with E-state index in [4.69, 9.17) is 10.9 Å². The van der Waals surface area contributed by atoms with E-state index in [1.807, 2.05) is 24.7 Å². The molecule has 0 bridgehead atoms. The van der Waals surface area contributed by atoms with Crippen molar-refractivity contribution in [1.29, 1.82) is 0 Å². The lowest BCUT2D eigenvalue weighted by Gasteiger charge is -2.12. The van der Waals surface area contributed by atoms with Gasteiger partial charge in [-0.1, -0.05) is 5.16 Å². The lowest BCUT2D eigenvalue weighted by Crippen LogP contribution is -2.32. The number of aryl methyl sites for hydroxylation is 1. The fourth-order valence-electron chi connectivity index (χ4n) is 1.52. The maximum atomic E-state index is 8.42. The molecule has 16 heavy (non-hydrogen) atoms. The molecular formula is C10H19N5O. The molecule has 0 aliphatic rings. The minimum absolute atomic E-state index is 0.198. The van der Waals surface area contributed by atoms with Crippen LogP contribution in [0.1, 0.15) is 19.0 Å². The van der Waals surface area contributed by atoms with Crippen molar-refractivity contribution in [2.45, 2.75) is 25.8 Å². The van der Waals surface area contributed by atoms with Crippen LogP contribution in [0.25, 0.3) is 0 Å². The molecule has 0 spiro atoms. The lowest BCUT2D eigenvalue weighted by molar-refractivity contribution is 0.316. The van der Waals surface area contributed by atoms with Gasteiger partial charge in [-0.15, -0.1) is 0 Å². The van der Waals surface area contributed by atoms with E-state index >= 15 is 0 Å². The minimum atomic E-state index is 0.198. The zero-order valence-corrected chi connectivity index (χ0v) is 9.72. The van der Waals surface area contributed by atoms with Gasteiger partial charge in [0.2, 0.25) is 0 Å². The average molecular weight is 225 g/mol. The van der Waals surface area contributed by atoms with Gasteiger partial charge in [0.1, 0.15) is 5.84 Å². The Hall–Kier alpha value is -1.56. The first-order valence-electron chi connectivity index (χ1n) is 5.30. The second-order valence-corrected chi connectivity index (χ2v) is 3.85. The molecule has 6 heteroatoms. The number of nitrogens with two attached hydrogens (primary N) is 1. The van der Waals surface area contributed by atoms with Crippen molar-refractivity contribution >= 4 is 5.84 Å². The van der Waals surface area contributed by atoms with Gasteiger partial charge in [-0.05, 0) is 13.0 Å². The highest BCUT2D eigenvalue weighted by molar-refractivity contribution is 5.80. The van der Waals surface area contributed by atoms with Crippen LogP contribution >= 0.6 is 0 Å². The number of oxime groups is 1. The molecule has 1 rings (SSSR count). The predicted molar refractivity (Wildman–Crippen MR) is 62.4 cm³/mol. The number of rotatable bonds is 6. The van der Waals surface area contributed by atoms with Crippen LogP contribution in [-0.2, 0) is 13.5 Å². The van der Waals surface area contributed by atoms with Crippen LogP contribution < -0.4 is 11.1 Å². The summed E-state index contributed by atoms with van der Waals surface area (Å²) in [7, 11) is 1.93. The largest absolute Gasteiger partial charge is 0.409 e. The topological polar surface area (TPSA) is 88.5 Å². The molecule has 4 N–H and O–H groups in total. The molecular weight excluding hydrogens is 206 g/mol. The van der Waals surface area contributed by atoms with Crippen molar-refractivity contribution in [3.8, 4) is 0 Å². The molecule has 1 unspecified atom stereocenters. The third kappa shape index (κ3) is 3.90. The van der Waals surface area contributed by atoms with E-state index in [0.717, 1.165) is 13.0 Å². The van der Waals surface area contributed by atoms with E-state index in [2.05, 4.69) is 15.6 Å². The molecule has 1 atom stereocenters. The average Bonchev–Trinajstić information content (AvgIpc) is 2.64. The van der Waals surface area contributed by atoms with Crippen LogP contribution in [0.15, 0.2) is 17.4 Å². The highest BCUT2D eigenvalue weighted by atomic mass is 16.4. The molecule has 0 aliphatic heterocycles. The summed E-state index contributed by atoms with van der Waals surface area (Å²) in [6.45, 7) is 2.85. The van der Waals surface area contributed by atoms with Crippen molar-refractivity contribution in [1.82, 2.24) is 15.1 Å². The standard InChI is InChI=1S/C10H19N5O/c1-8(7-10(11)14-16)12-5-3-9-4-6-13-15(9)2/h4,6,8,12,16H,3,5,7H2,1-2H3,(H2,11,14). The summed E-state index contributed by atoms with van der Waals surface area (Å²) < 4.78 is 1.86. The number of amidine groups is 1. The highest BCUT2D eigenvalue weighted by Gasteiger charge is 2.04. The van der Waals surface area contributed by atoms with Gasteiger partial charge in [-0.3, -0.25) is 4.68 Å². The fourth-order valence-corrected chi connectivity index (χ4v) is 1.52. The molecule has 0 radical (unpaired) electrons. The number of hydrogen-bond donors (Lipinski definition) is 3. The zero-order valence-electron chi connectivity index (χ0n) is 9.72. The van der Waals surface area contributed by atoms with Crippen molar-refractivity contribution in [2.24, 2.45) is 17.9 Å². The lowest BCUT2D eigenvalue weighted by atomic mass is 10.2. The Balaban J connectivity index is 2.23. The fraction of sp³-hybridized carbons (Fsp3) is 0.600. The van der Waals surface area contributed by atoms with E-state index in [1.54, 1.807) is 6.20 Å². The Kier molecular flexibility index (Phi) is 4.78. The maximum Gasteiger partial charge on any atom is 0.140 e. The minimum Gasteiger partial charge on any atom is -0.409 e. The van der Waals surface area contributed by atoms with Crippen molar-refractivity contribution in [3.63, 3.8) is 0 Å². The molecule has 0 amide bonds. The summed E-state index contributed by atoms with van der Waals surface area (Å²) in [5.74, 6) is 0.250. The number of nitrogens with zero attached hydrogens (tertiary/aromatic N) is 3. The number of hydrogen-bond acceptors (Lipinski definition) is 4. The maximum absolute atomic E-state index is 8.42. The molecule has 0 saturated heterocycles. The van der Waals surface area contributed by atoms with E-state index in [0.29, 0.717) is 6.42 Å². The van der Waals surface area contributed by atoms with Gasteiger partial charge in [-0.2, -0.15) is 5.10 Å². The summed E-state index contributed by atoms with van der Waals surface area (Å²) in [6.07, 6.45) is 3.24. The number of aromatic nitrogens is 2. The Bertz CT molecular complexity index is 347. The van der Waals surface area contributed by atoms with E-state index in [-0.39, 0.29) is 11.9 Å². The molecule has 90 valence electrons. The van der Waals surface area contributed by atoms with E-state index < -0.39 is 0 Å². The Morgan fingerprint density at radius 3 is 3.06 bits per heavy atom. The van der Waals surface area contributed by atoms with Crippen LogP contribution in [0.2, 0.25) is 0 Å². The first kappa shape index (κ1) is 12.5. The van der Waals surface area contributed by atoms with Crippen LogP contribution in [0.4, 0.5) is 0 Å². The first-order valence-corrected chi connectivity index (χ1v) is 5.30. The van der Waals surface area contributed by atoms with Crippen molar-refractivity contribution < 1.29 is 5.21 Å². The Labute approximate surface area is 95.1 Å².